The molecule has 0 saturated carbocycles. The summed E-state index contributed by atoms with van der Waals surface area (Å²) < 4.78 is 5.26. The molecular weight excluding hydrogens is 294 g/mol. The van der Waals surface area contributed by atoms with Crippen LogP contribution in [0, 0.1) is 0 Å². The Kier molecular flexibility index (Phi) is 2.43. The molecule has 3 aromatic rings. The molecule has 1 fully saturated rings. The van der Waals surface area contributed by atoms with Gasteiger partial charge in [0, 0.05) is 35.7 Å². The molecule has 0 atom stereocenters. The van der Waals surface area contributed by atoms with Gasteiger partial charge >= 0.3 is 5.97 Å². The quantitative estimate of drug-likeness (QED) is 0.759. The topological polar surface area (TPSA) is 82.4 Å². The number of benzene rings is 1. The minimum atomic E-state index is -1.08. The van der Waals surface area contributed by atoms with Crippen LogP contribution in [0.15, 0.2) is 28.8 Å². The molecule has 2 N–H and O–H groups in total. The summed E-state index contributed by atoms with van der Waals surface area (Å²) in [5, 5.41) is 13.9. The first-order valence-electron chi connectivity index (χ1n) is 7.82. The van der Waals surface area contributed by atoms with Gasteiger partial charge in [0.05, 0.1) is 5.52 Å². The van der Waals surface area contributed by atoms with Crippen LogP contribution in [-0.4, -0.2) is 34.3 Å². The molecule has 0 spiro atoms. The third-order valence-corrected chi connectivity index (χ3v) is 5.07. The molecule has 1 aromatic carbocycles. The maximum Gasteiger partial charge on any atom is 0.358 e. The van der Waals surface area contributed by atoms with Gasteiger partial charge in [-0.05, 0) is 24.8 Å². The van der Waals surface area contributed by atoms with Gasteiger partial charge in [-0.3, -0.25) is 0 Å². The van der Waals surface area contributed by atoms with E-state index < -0.39 is 5.97 Å². The number of aromatic carboxylic acids is 1. The van der Waals surface area contributed by atoms with Crippen LogP contribution in [0.2, 0.25) is 0 Å². The van der Waals surface area contributed by atoms with Crippen LogP contribution in [0.25, 0.3) is 22.2 Å². The number of nitrogens with zero attached hydrogens (tertiary/aromatic N) is 2. The van der Waals surface area contributed by atoms with Crippen LogP contribution in [0.5, 0.6) is 0 Å². The Balaban J connectivity index is 1.74. The van der Waals surface area contributed by atoms with Gasteiger partial charge in [0.2, 0.25) is 0 Å². The first kappa shape index (κ1) is 12.8. The maximum atomic E-state index is 11.0. The van der Waals surface area contributed by atoms with E-state index >= 15 is 0 Å². The highest BCUT2D eigenvalue weighted by Gasteiger charge is 2.34. The van der Waals surface area contributed by atoms with Crippen molar-refractivity contribution in [2.75, 3.05) is 18.0 Å². The predicted octanol–water partition coefficient (Wildman–Crippen LogP) is 3.22. The summed E-state index contributed by atoms with van der Waals surface area (Å²) in [6, 6.07) is 7.54. The van der Waals surface area contributed by atoms with Crippen molar-refractivity contribution >= 4 is 22.7 Å². The molecule has 0 amide bonds. The van der Waals surface area contributed by atoms with Crippen molar-refractivity contribution in [3.05, 3.63) is 35.5 Å². The molecule has 3 aliphatic heterocycles. The average molecular weight is 309 g/mol. The SMILES string of the molecule is O=C(O)c1cc(-c2cccc3c4c([nH]c23)N2CCC4CC2)on1. The van der Waals surface area contributed by atoms with Crippen LogP contribution in [0.3, 0.4) is 0 Å². The molecule has 1 saturated heterocycles. The first-order valence-corrected chi connectivity index (χ1v) is 7.82. The number of aromatic nitrogens is 2. The van der Waals surface area contributed by atoms with Gasteiger partial charge in [-0.2, -0.15) is 0 Å². The number of carboxylic acid groups (broad SMARTS) is 1. The lowest BCUT2D eigenvalue weighted by atomic mass is 9.84. The number of piperidine rings is 1. The van der Waals surface area contributed by atoms with Crippen molar-refractivity contribution in [2.24, 2.45) is 0 Å². The van der Waals surface area contributed by atoms with Gasteiger partial charge in [0.25, 0.3) is 0 Å². The zero-order valence-corrected chi connectivity index (χ0v) is 12.4. The van der Waals surface area contributed by atoms with Crippen LogP contribution < -0.4 is 4.90 Å². The predicted molar refractivity (Wildman–Crippen MR) is 84.9 cm³/mol. The first-order chi connectivity index (χ1) is 11.2. The molecule has 2 bridgehead atoms. The third kappa shape index (κ3) is 1.69. The number of nitrogens with one attached hydrogen (secondary N) is 1. The molecule has 2 aromatic heterocycles. The van der Waals surface area contributed by atoms with Crippen molar-refractivity contribution in [3.63, 3.8) is 0 Å². The highest BCUT2D eigenvalue weighted by atomic mass is 16.5. The molecule has 5 heterocycles. The zero-order valence-electron chi connectivity index (χ0n) is 12.4. The Morgan fingerprint density at radius 1 is 1.35 bits per heavy atom. The summed E-state index contributed by atoms with van der Waals surface area (Å²) in [5.74, 6) is 1.23. The van der Waals surface area contributed by atoms with Crippen LogP contribution in [-0.2, 0) is 0 Å². The van der Waals surface area contributed by atoms with Crippen molar-refractivity contribution in [1.82, 2.24) is 10.1 Å². The number of H-pyrrole nitrogens is 1. The van der Waals surface area contributed by atoms with Gasteiger partial charge in [0.1, 0.15) is 5.82 Å². The molecule has 0 aliphatic carbocycles. The van der Waals surface area contributed by atoms with Gasteiger partial charge < -0.3 is 19.5 Å². The van der Waals surface area contributed by atoms with Gasteiger partial charge in [-0.1, -0.05) is 17.3 Å². The van der Waals surface area contributed by atoms with E-state index in [4.69, 9.17) is 9.63 Å². The highest BCUT2D eigenvalue weighted by Crippen LogP contribution is 2.47. The van der Waals surface area contributed by atoms with E-state index in [2.05, 4.69) is 21.1 Å². The summed E-state index contributed by atoms with van der Waals surface area (Å²) in [6.07, 6.45) is 2.41. The van der Waals surface area contributed by atoms with Crippen molar-refractivity contribution in [3.8, 4) is 11.3 Å². The van der Waals surface area contributed by atoms with Crippen molar-refractivity contribution < 1.29 is 14.4 Å². The number of hydrogen-bond donors (Lipinski definition) is 2. The van der Waals surface area contributed by atoms with Gasteiger partial charge in [-0.25, -0.2) is 4.79 Å². The second kappa shape index (κ2) is 4.38. The average Bonchev–Trinajstić information content (AvgIpc) is 3.21. The van der Waals surface area contributed by atoms with Crippen LogP contribution >= 0.6 is 0 Å². The number of para-hydroxylation sites is 1. The molecule has 3 aliphatic rings. The molecular formula is C17H15N3O3. The molecule has 6 rings (SSSR count). The number of fused-ring (bicyclic) bond motifs is 3. The second-order valence-corrected chi connectivity index (χ2v) is 6.26. The van der Waals surface area contributed by atoms with Crippen LogP contribution in [0.1, 0.15) is 34.8 Å². The Morgan fingerprint density at radius 2 is 2.17 bits per heavy atom. The monoisotopic (exact) mass is 309 g/mol. The van der Waals surface area contributed by atoms with E-state index in [-0.39, 0.29) is 5.69 Å². The highest BCUT2D eigenvalue weighted by molar-refractivity contribution is 6.00. The lowest BCUT2D eigenvalue weighted by molar-refractivity contribution is 0.0686. The summed E-state index contributed by atoms with van der Waals surface area (Å²) in [5.41, 5.74) is 3.19. The fraction of sp³-hybridized carbons (Fsp3) is 0.294. The van der Waals surface area contributed by atoms with E-state index in [1.54, 1.807) is 0 Å². The standard InChI is InChI=1S/C17H15N3O3/c21-17(22)12-8-13(23-19-12)10-2-1-3-11-14-9-4-6-20(7-5-9)16(14)18-15(10)11/h1-3,8-9,18H,4-7H2,(H,21,22). The normalized spacial score (nSPS) is 17.0. The molecule has 6 heteroatoms. The smallest absolute Gasteiger partial charge is 0.358 e. The maximum absolute atomic E-state index is 11.0. The van der Waals surface area contributed by atoms with E-state index in [0.717, 1.165) is 24.2 Å². The van der Waals surface area contributed by atoms with E-state index in [0.29, 0.717) is 11.7 Å². The molecule has 0 unspecified atom stereocenters. The van der Waals surface area contributed by atoms with Gasteiger partial charge in [0.15, 0.2) is 11.5 Å². The number of anilines is 1. The number of rotatable bonds is 2. The Hall–Kier alpha value is -2.76. The summed E-state index contributed by atoms with van der Waals surface area (Å²) in [7, 11) is 0. The fourth-order valence-corrected chi connectivity index (χ4v) is 3.99. The summed E-state index contributed by atoms with van der Waals surface area (Å²) in [6.45, 7) is 2.20. The van der Waals surface area contributed by atoms with Crippen molar-refractivity contribution in [1.29, 1.82) is 0 Å². The summed E-state index contributed by atoms with van der Waals surface area (Å²) in [4.78, 5) is 17.0. The number of aromatic amines is 1. The number of carboxylic acids is 1. The zero-order chi connectivity index (χ0) is 15.6. The van der Waals surface area contributed by atoms with Gasteiger partial charge in [-0.15, -0.1) is 0 Å². The van der Waals surface area contributed by atoms with E-state index in [1.165, 1.54) is 35.7 Å². The molecule has 116 valence electrons. The third-order valence-electron chi connectivity index (χ3n) is 5.07. The summed E-state index contributed by atoms with van der Waals surface area (Å²) >= 11 is 0. The lowest BCUT2D eigenvalue weighted by Crippen LogP contribution is -2.38. The van der Waals surface area contributed by atoms with Crippen LogP contribution in [0.4, 0.5) is 5.82 Å². The Bertz CT molecular complexity index is 932. The van der Waals surface area contributed by atoms with E-state index in [9.17, 15) is 4.79 Å². The van der Waals surface area contributed by atoms with E-state index in [1.807, 2.05) is 12.1 Å². The second-order valence-electron chi connectivity index (χ2n) is 6.26. The Labute approximate surface area is 131 Å². The lowest BCUT2D eigenvalue weighted by Gasteiger charge is -2.40. The minimum absolute atomic E-state index is 0.0721. The largest absolute Gasteiger partial charge is 0.476 e. The molecule has 6 nitrogen and oxygen atoms in total. The number of hydrogen-bond acceptors (Lipinski definition) is 4. The minimum Gasteiger partial charge on any atom is -0.476 e. The molecule has 0 radical (unpaired) electrons. The molecule has 23 heavy (non-hydrogen) atoms. The van der Waals surface area contributed by atoms with Crippen molar-refractivity contribution in [2.45, 2.75) is 18.8 Å². The Morgan fingerprint density at radius 3 is 2.91 bits per heavy atom. The fourth-order valence-electron chi connectivity index (χ4n) is 3.99. The number of carbonyl (C=O) groups is 1.